The van der Waals surface area contributed by atoms with Gasteiger partial charge in [-0.25, -0.2) is 9.59 Å². The zero-order valence-electron chi connectivity index (χ0n) is 14.4. The summed E-state index contributed by atoms with van der Waals surface area (Å²) in [4.78, 5) is 36.6. The molecule has 0 aliphatic carbocycles. The van der Waals surface area contributed by atoms with E-state index in [0.29, 0.717) is 24.4 Å². The van der Waals surface area contributed by atoms with Crippen molar-refractivity contribution in [3.63, 3.8) is 0 Å². The molecule has 1 unspecified atom stereocenters. The SMILES string of the molecule is COC(=O)c1ccc(OC(C)C)c(NC(=O)N2CCC(C(=O)O)C2)c1. The average molecular weight is 350 g/mol. The third-order valence-electron chi connectivity index (χ3n) is 3.83. The minimum atomic E-state index is -0.910. The molecule has 1 aliphatic rings. The highest BCUT2D eigenvalue weighted by atomic mass is 16.5. The largest absolute Gasteiger partial charge is 0.489 e. The number of likely N-dealkylation sites (tertiary alicyclic amines) is 1. The van der Waals surface area contributed by atoms with Crippen molar-refractivity contribution in [2.24, 2.45) is 5.92 Å². The smallest absolute Gasteiger partial charge is 0.337 e. The Kier molecular flexibility index (Phi) is 5.84. The van der Waals surface area contributed by atoms with E-state index in [2.05, 4.69) is 10.1 Å². The molecule has 25 heavy (non-hydrogen) atoms. The molecule has 1 aromatic rings. The Morgan fingerprint density at radius 1 is 1.32 bits per heavy atom. The molecule has 1 aromatic carbocycles. The molecule has 1 saturated heterocycles. The second-order valence-electron chi connectivity index (χ2n) is 6.07. The lowest BCUT2D eigenvalue weighted by atomic mass is 10.1. The summed E-state index contributed by atoms with van der Waals surface area (Å²) >= 11 is 0. The van der Waals surface area contributed by atoms with Crippen molar-refractivity contribution in [1.82, 2.24) is 4.90 Å². The molecule has 1 atom stereocenters. The Morgan fingerprint density at radius 3 is 2.60 bits per heavy atom. The first-order valence-corrected chi connectivity index (χ1v) is 7.99. The van der Waals surface area contributed by atoms with E-state index in [0.717, 1.165) is 0 Å². The first-order chi connectivity index (χ1) is 11.8. The fourth-order valence-electron chi connectivity index (χ4n) is 2.57. The number of anilines is 1. The number of amides is 2. The molecule has 0 bridgehead atoms. The Morgan fingerprint density at radius 2 is 2.04 bits per heavy atom. The maximum atomic E-state index is 12.4. The summed E-state index contributed by atoms with van der Waals surface area (Å²) in [5, 5.41) is 11.7. The molecule has 0 spiro atoms. The molecule has 1 aliphatic heterocycles. The molecule has 0 radical (unpaired) electrons. The minimum Gasteiger partial charge on any atom is -0.489 e. The maximum absolute atomic E-state index is 12.4. The first kappa shape index (κ1) is 18.6. The summed E-state index contributed by atoms with van der Waals surface area (Å²) in [6, 6.07) is 4.19. The first-order valence-electron chi connectivity index (χ1n) is 7.99. The second kappa shape index (κ2) is 7.87. The molecule has 2 N–H and O–H groups in total. The van der Waals surface area contributed by atoms with Gasteiger partial charge >= 0.3 is 18.0 Å². The molecular weight excluding hydrogens is 328 g/mol. The predicted octanol–water partition coefficient (Wildman–Crippen LogP) is 2.20. The number of urea groups is 1. The van der Waals surface area contributed by atoms with Gasteiger partial charge in [0.25, 0.3) is 0 Å². The highest BCUT2D eigenvalue weighted by Crippen LogP contribution is 2.28. The van der Waals surface area contributed by atoms with Gasteiger partial charge in [0.15, 0.2) is 0 Å². The van der Waals surface area contributed by atoms with E-state index < -0.39 is 23.9 Å². The van der Waals surface area contributed by atoms with Crippen LogP contribution >= 0.6 is 0 Å². The third-order valence-corrected chi connectivity index (χ3v) is 3.83. The number of rotatable bonds is 5. The summed E-state index contributed by atoms with van der Waals surface area (Å²) in [6.07, 6.45) is 0.295. The zero-order chi connectivity index (χ0) is 18.6. The van der Waals surface area contributed by atoms with Crippen molar-refractivity contribution in [3.8, 4) is 5.75 Å². The molecule has 8 heteroatoms. The summed E-state index contributed by atoms with van der Waals surface area (Å²) in [6.45, 7) is 4.20. The lowest BCUT2D eigenvalue weighted by Crippen LogP contribution is -2.34. The molecule has 0 aromatic heterocycles. The number of ether oxygens (including phenoxy) is 2. The van der Waals surface area contributed by atoms with Gasteiger partial charge in [0.1, 0.15) is 5.75 Å². The van der Waals surface area contributed by atoms with Crippen LogP contribution in [0.2, 0.25) is 0 Å². The van der Waals surface area contributed by atoms with Crippen LogP contribution in [0, 0.1) is 5.92 Å². The Bertz CT molecular complexity index is 673. The third kappa shape index (κ3) is 4.62. The Labute approximate surface area is 145 Å². The van der Waals surface area contributed by atoms with E-state index in [1.807, 2.05) is 13.8 Å². The molecule has 2 amide bonds. The van der Waals surface area contributed by atoms with Crippen molar-refractivity contribution in [3.05, 3.63) is 23.8 Å². The van der Waals surface area contributed by atoms with Gasteiger partial charge in [0, 0.05) is 13.1 Å². The van der Waals surface area contributed by atoms with Crippen LogP contribution in [0.25, 0.3) is 0 Å². The monoisotopic (exact) mass is 350 g/mol. The molecule has 136 valence electrons. The van der Waals surface area contributed by atoms with Gasteiger partial charge in [-0.3, -0.25) is 4.79 Å². The van der Waals surface area contributed by atoms with Gasteiger partial charge < -0.3 is 24.8 Å². The standard InChI is InChI=1S/C17H22N2O6/c1-10(2)25-14-5-4-11(16(22)24-3)8-13(14)18-17(23)19-7-6-12(9-19)15(20)21/h4-5,8,10,12H,6-7,9H2,1-3H3,(H,18,23)(H,20,21). The number of aliphatic carboxylic acids is 1. The summed E-state index contributed by atoms with van der Waals surface area (Å²) in [5.41, 5.74) is 0.610. The second-order valence-corrected chi connectivity index (χ2v) is 6.07. The quantitative estimate of drug-likeness (QED) is 0.789. The minimum absolute atomic E-state index is 0.122. The van der Waals surface area contributed by atoms with Gasteiger partial charge in [-0.1, -0.05) is 0 Å². The van der Waals surface area contributed by atoms with Gasteiger partial charge in [-0.15, -0.1) is 0 Å². The van der Waals surface area contributed by atoms with E-state index in [9.17, 15) is 14.4 Å². The number of carboxylic acid groups (broad SMARTS) is 1. The molecular formula is C17H22N2O6. The summed E-state index contributed by atoms with van der Waals surface area (Å²) < 4.78 is 10.3. The van der Waals surface area contributed by atoms with Crippen LogP contribution in [-0.4, -0.2) is 54.3 Å². The van der Waals surface area contributed by atoms with Gasteiger partial charge in [-0.05, 0) is 38.5 Å². The predicted molar refractivity (Wildman–Crippen MR) is 89.9 cm³/mol. The molecule has 1 fully saturated rings. The van der Waals surface area contributed by atoms with E-state index in [4.69, 9.17) is 9.84 Å². The number of esters is 1. The topological polar surface area (TPSA) is 105 Å². The van der Waals surface area contributed by atoms with Crippen LogP contribution in [0.5, 0.6) is 5.75 Å². The number of benzene rings is 1. The summed E-state index contributed by atoms with van der Waals surface area (Å²) in [5.74, 6) is -1.57. The number of carboxylic acids is 1. The number of hydrogen-bond donors (Lipinski definition) is 2. The van der Waals surface area contributed by atoms with Gasteiger partial charge in [0.2, 0.25) is 0 Å². The molecule has 0 saturated carbocycles. The summed E-state index contributed by atoms with van der Waals surface area (Å²) in [7, 11) is 1.27. The van der Waals surface area contributed by atoms with E-state index in [1.165, 1.54) is 18.1 Å². The van der Waals surface area contributed by atoms with Crippen LogP contribution in [0.4, 0.5) is 10.5 Å². The zero-order valence-corrected chi connectivity index (χ0v) is 14.4. The van der Waals surface area contributed by atoms with Crippen LogP contribution in [0.1, 0.15) is 30.6 Å². The number of hydrogen-bond acceptors (Lipinski definition) is 5. The molecule has 1 heterocycles. The lowest BCUT2D eigenvalue weighted by molar-refractivity contribution is -0.141. The van der Waals surface area contributed by atoms with Crippen molar-refractivity contribution in [1.29, 1.82) is 0 Å². The average Bonchev–Trinajstić information content (AvgIpc) is 3.05. The molecule has 2 rings (SSSR count). The number of carbonyl (C=O) groups is 3. The van der Waals surface area contributed by atoms with Gasteiger partial charge in [0.05, 0.1) is 30.4 Å². The van der Waals surface area contributed by atoms with Crippen LogP contribution in [-0.2, 0) is 9.53 Å². The number of carbonyl (C=O) groups excluding carboxylic acids is 2. The van der Waals surface area contributed by atoms with Crippen LogP contribution < -0.4 is 10.1 Å². The van der Waals surface area contributed by atoms with Crippen molar-refractivity contribution >= 4 is 23.7 Å². The highest BCUT2D eigenvalue weighted by Gasteiger charge is 2.31. The fourth-order valence-corrected chi connectivity index (χ4v) is 2.57. The number of methoxy groups -OCH3 is 1. The Balaban J connectivity index is 2.19. The Hall–Kier alpha value is -2.77. The number of nitrogens with one attached hydrogen (secondary N) is 1. The maximum Gasteiger partial charge on any atom is 0.337 e. The van der Waals surface area contributed by atoms with Gasteiger partial charge in [-0.2, -0.15) is 0 Å². The normalized spacial score (nSPS) is 16.6. The van der Waals surface area contributed by atoms with Crippen LogP contribution in [0.15, 0.2) is 18.2 Å². The number of nitrogens with zero attached hydrogens (tertiary/aromatic N) is 1. The van der Waals surface area contributed by atoms with Crippen LogP contribution in [0.3, 0.4) is 0 Å². The van der Waals surface area contributed by atoms with Crippen molar-refractivity contribution < 1.29 is 29.0 Å². The van der Waals surface area contributed by atoms with E-state index in [1.54, 1.807) is 12.1 Å². The molecule has 8 nitrogen and oxygen atoms in total. The van der Waals surface area contributed by atoms with Crippen molar-refractivity contribution in [2.45, 2.75) is 26.4 Å². The fraction of sp³-hybridized carbons (Fsp3) is 0.471. The van der Waals surface area contributed by atoms with Crippen molar-refractivity contribution in [2.75, 3.05) is 25.5 Å². The lowest BCUT2D eigenvalue weighted by Gasteiger charge is -2.20. The van der Waals surface area contributed by atoms with E-state index >= 15 is 0 Å². The highest BCUT2D eigenvalue weighted by molar-refractivity contribution is 5.95. The van der Waals surface area contributed by atoms with E-state index in [-0.39, 0.29) is 18.2 Å².